The smallest absolute Gasteiger partial charge is 0.341 e. The van der Waals surface area contributed by atoms with Crippen LogP contribution in [0.25, 0.3) is 0 Å². The summed E-state index contributed by atoms with van der Waals surface area (Å²) in [6.07, 6.45) is 5.57. The van der Waals surface area contributed by atoms with Crippen LogP contribution < -0.4 is 11.0 Å². The topological polar surface area (TPSA) is 108 Å². The van der Waals surface area contributed by atoms with Gasteiger partial charge in [-0.3, -0.25) is 9.78 Å². The molecule has 1 aromatic carbocycles. The first kappa shape index (κ1) is 15.7. The summed E-state index contributed by atoms with van der Waals surface area (Å²) in [4.78, 5) is 29.4. The van der Waals surface area contributed by atoms with Gasteiger partial charge in [-0.05, 0) is 18.4 Å². The van der Waals surface area contributed by atoms with Gasteiger partial charge in [-0.25, -0.2) is 14.9 Å². The van der Waals surface area contributed by atoms with Gasteiger partial charge in [0.25, 0.3) is 5.91 Å². The Bertz CT molecular complexity index is 849. The first-order valence-electron chi connectivity index (χ1n) is 7.69. The van der Waals surface area contributed by atoms with Crippen molar-refractivity contribution in [2.24, 2.45) is 0 Å². The third-order valence-corrected chi connectivity index (χ3v) is 3.63. The van der Waals surface area contributed by atoms with Crippen molar-refractivity contribution >= 4 is 5.91 Å². The number of H-pyrrole nitrogens is 2. The number of benzene rings is 1. The van der Waals surface area contributed by atoms with Crippen LogP contribution in [0.15, 0.2) is 47.5 Å². The number of nitrogens with one attached hydrogen (secondary N) is 3. The number of rotatable bonds is 7. The van der Waals surface area contributed by atoms with Crippen molar-refractivity contribution in [1.29, 1.82) is 0 Å². The van der Waals surface area contributed by atoms with E-state index in [9.17, 15) is 9.59 Å². The van der Waals surface area contributed by atoms with Gasteiger partial charge in [0.05, 0.1) is 6.54 Å². The van der Waals surface area contributed by atoms with E-state index in [2.05, 4.69) is 37.6 Å². The summed E-state index contributed by atoms with van der Waals surface area (Å²) in [6, 6.07) is 10.3. The average Bonchev–Trinajstić information content (AvgIpc) is 3.23. The summed E-state index contributed by atoms with van der Waals surface area (Å²) in [7, 11) is 0. The number of amides is 1. The maximum absolute atomic E-state index is 11.9. The van der Waals surface area contributed by atoms with Crippen LogP contribution in [0.5, 0.6) is 0 Å². The molecule has 8 heteroatoms. The SMILES string of the molecule is O=C(NCc1nccn1CCCc1ccccc1)c1n[nH]c(=O)[nH]1. The second-order valence-corrected chi connectivity index (χ2v) is 5.34. The highest BCUT2D eigenvalue weighted by Gasteiger charge is 2.11. The fraction of sp³-hybridized carbons (Fsp3) is 0.250. The van der Waals surface area contributed by atoms with E-state index in [0.717, 1.165) is 25.2 Å². The molecule has 0 spiro atoms. The maximum atomic E-state index is 11.9. The minimum absolute atomic E-state index is 0.0396. The lowest BCUT2D eigenvalue weighted by Gasteiger charge is -2.08. The number of hydrogen-bond acceptors (Lipinski definition) is 4. The van der Waals surface area contributed by atoms with E-state index >= 15 is 0 Å². The molecule has 0 aliphatic carbocycles. The highest BCUT2D eigenvalue weighted by atomic mass is 16.2. The lowest BCUT2D eigenvalue weighted by molar-refractivity contribution is 0.0939. The van der Waals surface area contributed by atoms with E-state index in [0.29, 0.717) is 0 Å². The van der Waals surface area contributed by atoms with Crippen molar-refractivity contribution in [1.82, 2.24) is 30.0 Å². The molecule has 0 saturated carbocycles. The molecule has 2 heterocycles. The number of imidazole rings is 1. The van der Waals surface area contributed by atoms with Crippen molar-refractivity contribution in [3.05, 3.63) is 70.4 Å². The zero-order valence-electron chi connectivity index (χ0n) is 13.0. The number of aromatic amines is 2. The summed E-state index contributed by atoms with van der Waals surface area (Å²) in [5, 5.41) is 8.43. The van der Waals surface area contributed by atoms with E-state index < -0.39 is 11.6 Å². The molecule has 3 N–H and O–H groups in total. The van der Waals surface area contributed by atoms with E-state index in [-0.39, 0.29) is 12.4 Å². The summed E-state index contributed by atoms with van der Waals surface area (Å²) >= 11 is 0. The quantitative estimate of drug-likeness (QED) is 0.598. The van der Waals surface area contributed by atoms with Gasteiger partial charge in [-0.15, -0.1) is 5.10 Å². The summed E-state index contributed by atoms with van der Waals surface area (Å²) in [6.45, 7) is 1.09. The minimum atomic E-state index is -0.512. The Kier molecular flexibility index (Phi) is 4.85. The molecule has 0 atom stereocenters. The van der Waals surface area contributed by atoms with Crippen molar-refractivity contribution in [3.8, 4) is 0 Å². The van der Waals surface area contributed by atoms with Crippen LogP contribution in [0.4, 0.5) is 0 Å². The number of aromatic nitrogens is 5. The first-order chi connectivity index (χ1) is 11.7. The van der Waals surface area contributed by atoms with Gasteiger partial charge in [0.15, 0.2) is 0 Å². The maximum Gasteiger partial charge on any atom is 0.341 e. The second kappa shape index (κ2) is 7.40. The van der Waals surface area contributed by atoms with Crippen molar-refractivity contribution in [3.63, 3.8) is 0 Å². The highest BCUT2D eigenvalue weighted by Crippen LogP contribution is 2.06. The Morgan fingerprint density at radius 2 is 2.08 bits per heavy atom. The molecule has 2 aromatic heterocycles. The molecule has 0 radical (unpaired) electrons. The largest absolute Gasteiger partial charge is 0.342 e. The van der Waals surface area contributed by atoms with Gasteiger partial charge in [-0.1, -0.05) is 30.3 Å². The van der Waals surface area contributed by atoms with Gasteiger partial charge in [0.1, 0.15) is 5.82 Å². The Hall–Kier alpha value is -3.16. The molecule has 0 unspecified atom stereocenters. The standard InChI is InChI=1S/C16H18N6O2/c23-15(14-19-16(24)21-20-14)18-11-13-17-8-10-22(13)9-4-7-12-5-2-1-3-6-12/h1-3,5-6,8,10H,4,7,9,11H2,(H,18,23)(H2,19,20,21,24). The lowest BCUT2D eigenvalue weighted by atomic mass is 10.1. The summed E-state index contributed by atoms with van der Waals surface area (Å²) in [5.74, 6) is 0.267. The Morgan fingerprint density at radius 1 is 1.25 bits per heavy atom. The fourth-order valence-electron chi connectivity index (χ4n) is 2.43. The van der Waals surface area contributed by atoms with Crippen molar-refractivity contribution in [2.75, 3.05) is 0 Å². The number of hydrogen-bond donors (Lipinski definition) is 3. The molecule has 8 nitrogen and oxygen atoms in total. The van der Waals surface area contributed by atoms with Crippen LogP contribution >= 0.6 is 0 Å². The zero-order chi connectivity index (χ0) is 16.8. The van der Waals surface area contributed by atoms with Gasteiger partial charge >= 0.3 is 5.69 Å². The van der Waals surface area contributed by atoms with Crippen LogP contribution in [-0.4, -0.2) is 30.6 Å². The van der Waals surface area contributed by atoms with Gasteiger partial charge in [-0.2, -0.15) is 0 Å². The Balaban J connectivity index is 1.51. The van der Waals surface area contributed by atoms with E-state index in [1.807, 2.05) is 29.0 Å². The molecule has 0 aliphatic rings. The predicted molar refractivity (Wildman–Crippen MR) is 87.4 cm³/mol. The molecule has 0 aliphatic heterocycles. The molecule has 0 fully saturated rings. The van der Waals surface area contributed by atoms with E-state index in [4.69, 9.17) is 0 Å². The average molecular weight is 326 g/mol. The third-order valence-electron chi connectivity index (χ3n) is 3.63. The number of carbonyl (C=O) groups is 1. The lowest BCUT2D eigenvalue weighted by Crippen LogP contribution is -2.26. The van der Waals surface area contributed by atoms with E-state index in [1.165, 1.54) is 5.56 Å². The number of carbonyl (C=O) groups excluding carboxylic acids is 1. The fourth-order valence-corrected chi connectivity index (χ4v) is 2.43. The molecule has 0 saturated heterocycles. The molecule has 24 heavy (non-hydrogen) atoms. The van der Waals surface area contributed by atoms with Crippen LogP contribution in [0.2, 0.25) is 0 Å². The molecule has 3 aromatic rings. The summed E-state index contributed by atoms with van der Waals surface area (Å²) < 4.78 is 2.01. The highest BCUT2D eigenvalue weighted by molar-refractivity contribution is 5.90. The van der Waals surface area contributed by atoms with E-state index in [1.54, 1.807) is 6.20 Å². The van der Waals surface area contributed by atoms with Crippen LogP contribution in [0, 0.1) is 0 Å². The summed E-state index contributed by atoms with van der Waals surface area (Å²) in [5.41, 5.74) is 0.789. The predicted octanol–water partition coefficient (Wildman–Crippen LogP) is 0.857. The Labute approximate surface area is 137 Å². The number of nitrogens with zero attached hydrogens (tertiary/aromatic N) is 3. The zero-order valence-corrected chi connectivity index (χ0v) is 13.0. The number of aryl methyl sites for hydroxylation is 2. The third kappa shape index (κ3) is 3.97. The van der Waals surface area contributed by atoms with Crippen LogP contribution in [-0.2, 0) is 19.5 Å². The van der Waals surface area contributed by atoms with Crippen molar-refractivity contribution < 1.29 is 4.79 Å². The normalized spacial score (nSPS) is 10.7. The molecule has 3 rings (SSSR count). The van der Waals surface area contributed by atoms with Gasteiger partial charge in [0.2, 0.25) is 5.82 Å². The van der Waals surface area contributed by atoms with Crippen LogP contribution in [0.3, 0.4) is 0 Å². The molecule has 124 valence electrons. The molecular weight excluding hydrogens is 308 g/mol. The first-order valence-corrected chi connectivity index (χ1v) is 7.69. The molecular formula is C16H18N6O2. The van der Waals surface area contributed by atoms with Crippen molar-refractivity contribution in [2.45, 2.75) is 25.9 Å². The molecule has 0 bridgehead atoms. The second-order valence-electron chi connectivity index (χ2n) is 5.34. The van der Waals surface area contributed by atoms with Gasteiger partial charge in [0, 0.05) is 18.9 Å². The monoisotopic (exact) mass is 326 g/mol. The molecule has 1 amide bonds. The van der Waals surface area contributed by atoms with Crippen LogP contribution in [0.1, 0.15) is 28.4 Å². The Morgan fingerprint density at radius 3 is 2.83 bits per heavy atom. The minimum Gasteiger partial charge on any atom is -0.342 e. The van der Waals surface area contributed by atoms with Gasteiger partial charge < -0.3 is 9.88 Å².